The highest BCUT2D eigenvalue weighted by Gasteiger charge is 1.94. The van der Waals surface area contributed by atoms with E-state index in [4.69, 9.17) is 5.90 Å². The molecule has 0 fully saturated rings. The summed E-state index contributed by atoms with van der Waals surface area (Å²) in [6, 6.07) is 0. The maximum Gasteiger partial charge on any atom is 0.104 e. The Bertz CT molecular complexity index is 194. The van der Waals surface area contributed by atoms with Gasteiger partial charge in [0, 0.05) is 6.20 Å². The quantitative estimate of drug-likeness (QED) is 0.766. The van der Waals surface area contributed by atoms with Crippen LogP contribution in [0.5, 0.6) is 0 Å². The highest BCUT2D eigenvalue weighted by atomic mass is 35.5. The number of aromatic nitrogens is 1. The molecular weight excluding hydrogens is 207 g/mol. The van der Waals surface area contributed by atoms with Gasteiger partial charge in [0.25, 0.3) is 0 Å². The van der Waals surface area contributed by atoms with E-state index in [2.05, 4.69) is 9.82 Å². The van der Waals surface area contributed by atoms with Gasteiger partial charge in [-0.2, -0.15) is 0 Å². The Morgan fingerprint density at radius 3 is 2.64 bits per heavy atom. The highest BCUT2D eigenvalue weighted by Crippen LogP contribution is 2.10. The van der Waals surface area contributed by atoms with Gasteiger partial charge in [0.15, 0.2) is 0 Å². The van der Waals surface area contributed by atoms with E-state index >= 15 is 0 Å². The van der Waals surface area contributed by atoms with Crippen LogP contribution in [0, 0.1) is 6.92 Å². The van der Waals surface area contributed by atoms with Gasteiger partial charge in [-0.25, -0.2) is 10.9 Å². The molecule has 1 heterocycles. The number of nitrogens with two attached hydrogens (primary N) is 1. The first-order valence-electron chi connectivity index (χ1n) is 2.56. The Hall–Kier alpha value is 0.130. The Morgan fingerprint density at radius 1 is 1.64 bits per heavy atom. The van der Waals surface area contributed by atoms with E-state index in [1.54, 1.807) is 17.5 Å². The molecule has 0 aliphatic carbocycles. The van der Waals surface area contributed by atoms with Gasteiger partial charge in [-0.05, 0) is 6.92 Å². The molecule has 0 spiro atoms. The van der Waals surface area contributed by atoms with Crippen LogP contribution in [0.2, 0.25) is 0 Å². The standard InChI is InChI=1S/C5H8N2OS.2ClH/c1-4-7-2-5(9-4)3-8-6;;/h2H,3,6H2,1H3;2*1H. The molecule has 0 radical (unpaired) electrons. The average Bonchev–Trinajstić information content (AvgIpc) is 2.17. The first-order chi connectivity index (χ1) is 4.33. The third kappa shape index (κ3) is 4.55. The van der Waals surface area contributed by atoms with Crippen molar-refractivity contribution in [3.05, 3.63) is 16.1 Å². The van der Waals surface area contributed by atoms with Gasteiger partial charge < -0.3 is 0 Å². The first kappa shape index (κ1) is 13.7. The van der Waals surface area contributed by atoms with Crippen molar-refractivity contribution >= 4 is 36.2 Å². The van der Waals surface area contributed by atoms with Crippen molar-refractivity contribution in [3.63, 3.8) is 0 Å². The summed E-state index contributed by atoms with van der Waals surface area (Å²) in [5.74, 6) is 4.85. The molecule has 0 aliphatic heterocycles. The molecule has 6 heteroatoms. The van der Waals surface area contributed by atoms with Crippen molar-refractivity contribution in [2.24, 2.45) is 5.90 Å². The maximum absolute atomic E-state index is 4.85. The van der Waals surface area contributed by atoms with E-state index in [9.17, 15) is 0 Å². The second kappa shape index (κ2) is 6.82. The van der Waals surface area contributed by atoms with Crippen molar-refractivity contribution < 1.29 is 4.84 Å². The van der Waals surface area contributed by atoms with Crippen LogP contribution in [0.3, 0.4) is 0 Å². The summed E-state index contributed by atoms with van der Waals surface area (Å²) >= 11 is 1.60. The van der Waals surface area contributed by atoms with E-state index in [0.717, 1.165) is 9.88 Å². The Morgan fingerprint density at radius 2 is 2.27 bits per heavy atom. The minimum Gasteiger partial charge on any atom is -0.299 e. The smallest absolute Gasteiger partial charge is 0.104 e. The van der Waals surface area contributed by atoms with Crippen LogP contribution in [0.15, 0.2) is 6.20 Å². The molecule has 11 heavy (non-hydrogen) atoms. The lowest BCUT2D eigenvalue weighted by Gasteiger charge is -1.87. The van der Waals surface area contributed by atoms with Crippen LogP contribution in [-0.4, -0.2) is 4.98 Å². The SMILES string of the molecule is Cc1ncc(CON)s1.Cl.Cl. The second-order valence-corrected chi connectivity index (χ2v) is 2.98. The lowest BCUT2D eigenvalue weighted by molar-refractivity contribution is 0.126. The summed E-state index contributed by atoms with van der Waals surface area (Å²) in [4.78, 5) is 9.49. The van der Waals surface area contributed by atoms with Gasteiger partial charge in [0.1, 0.15) is 6.61 Å². The molecule has 66 valence electrons. The number of aryl methyl sites for hydroxylation is 1. The first-order valence-corrected chi connectivity index (χ1v) is 3.37. The summed E-state index contributed by atoms with van der Waals surface area (Å²) in [6.07, 6.45) is 1.77. The van der Waals surface area contributed by atoms with E-state index in [0.29, 0.717) is 6.61 Å². The molecule has 1 rings (SSSR count). The van der Waals surface area contributed by atoms with Crippen molar-refractivity contribution in [1.82, 2.24) is 4.98 Å². The summed E-state index contributed by atoms with van der Waals surface area (Å²) in [5, 5.41) is 1.04. The van der Waals surface area contributed by atoms with Crippen molar-refractivity contribution in [2.45, 2.75) is 13.5 Å². The molecule has 1 aromatic heterocycles. The maximum atomic E-state index is 4.85. The minimum absolute atomic E-state index is 0. The molecule has 0 saturated carbocycles. The van der Waals surface area contributed by atoms with Gasteiger partial charge in [-0.15, -0.1) is 36.2 Å². The minimum atomic E-state index is 0. The number of hydrogen-bond donors (Lipinski definition) is 1. The lowest BCUT2D eigenvalue weighted by Crippen LogP contribution is -1.96. The molecule has 0 aromatic carbocycles. The van der Waals surface area contributed by atoms with E-state index in [1.165, 1.54) is 0 Å². The number of hydrogen-bond acceptors (Lipinski definition) is 4. The normalized spacial score (nSPS) is 8.18. The molecule has 2 N–H and O–H groups in total. The van der Waals surface area contributed by atoms with Crippen LogP contribution in [-0.2, 0) is 11.4 Å². The van der Waals surface area contributed by atoms with Crippen LogP contribution >= 0.6 is 36.2 Å². The average molecular weight is 217 g/mol. The topological polar surface area (TPSA) is 48.1 Å². The highest BCUT2D eigenvalue weighted by molar-refractivity contribution is 7.11. The zero-order valence-electron chi connectivity index (χ0n) is 5.94. The monoisotopic (exact) mass is 216 g/mol. The van der Waals surface area contributed by atoms with Crippen LogP contribution in [0.1, 0.15) is 9.88 Å². The van der Waals surface area contributed by atoms with Gasteiger partial charge in [0.2, 0.25) is 0 Å². The second-order valence-electron chi connectivity index (χ2n) is 1.66. The van der Waals surface area contributed by atoms with Gasteiger partial charge in [-0.3, -0.25) is 4.84 Å². The zero-order valence-corrected chi connectivity index (χ0v) is 8.39. The zero-order chi connectivity index (χ0) is 6.69. The Balaban J connectivity index is 0. The Kier molecular flexibility index (Phi) is 8.49. The fourth-order valence-electron chi connectivity index (χ4n) is 0.554. The van der Waals surface area contributed by atoms with Crippen molar-refractivity contribution in [1.29, 1.82) is 0 Å². The van der Waals surface area contributed by atoms with Crippen molar-refractivity contribution in [2.75, 3.05) is 0 Å². The molecule has 0 amide bonds. The predicted octanol–water partition coefficient (Wildman–Crippen LogP) is 1.69. The molecule has 0 atom stereocenters. The molecule has 0 saturated heterocycles. The molecule has 0 bridgehead atoms. The van der Waals surface area contributed by atoms with Crippen LogP contribution < -0.4 is 5.90 Å². The van der Waals surface area contributed by atoms with E-state index in [-0.39, 0.29) is 24.8 Å². The fourth-order valence-corrected chi connectivity index (χ4v) is 1.27. The molecule has 0 aliphatic rings. The molecule has 1 aromatic rings. The Labute approximate surface area is 81.7 Å². The predicted molar refractivity (Wildman–Crippen MR) is 50.3 cm³/mol. The summed E-state index contributed by atoms with van der Waals surface area (Å²) < 4.78 is 0. The fraction of sp³-hybridized carbons (Fsp3) is 0.400. The summed E-state index contributed by atoms with van der Waals surface area (Å²) in [5.41, 5.74) is 0. The van der Waals surface area contributed by atoms with Crippen LogP contribution in [0.4, 0.5) is 0 Å². The number of thiazole rings is 1. The number of halogens is 2. The third-order valence-corrected chi connectivity index (χ3v) is 1.78. The summed E-state index contributed by atoms with van der Waals surface area (Å²) in [7, 11) is 0. The molecule has 3 nitrogen and oxygen atoms in total. The lowest BCUT2D eigenvalue weighted by atomic mass is 10.6. The summed E-state index contributed by atoms with van der Waals surface area (Å²) in [6.45, 7) is 2.41. The largest absolute Gasteiger partial charge is 0.299 e. The van der Waals surface area contributed by atoms with Crippen molar-refractivity contribution in [3.8, 4) is 0 Å². The van der Waals surface area contributed by atoms with Gasteiger partial charge in [0.05, 0.1) is 9.88 Å². The third-order valence-electron chi connectivity index (χ3n) is 0.895. The van der Waals surface area contributed by atoms with Gasteiger partial charge >= 0.3 is 0 Å². The van der Waals surface area contributed by atoms with Gasteiger partial charge in [-0.1, -0.05) is 0 Å². The number of rotatable bonds is 2. The molecular formula is C5H10Cl2N2OS. The number of nitrogens with zero attached hydrogens (tertiary/aromatic N) is 1. The molecule has 0 unspecified atom stereocenters. The van der Waals surface area contributed by atoms with E-state index < -0.39 is 0 Å². The van der Waals surface area contributed by atoms with E-state index in [1.807, 2.05) is 6.92 Å². The van der Waals surface area contributed by atoms with Crippen LogP contribution in [0.25, 0.3) is 0 Å².